The second kappa shape index (κ2) is 7.64. The summed E-state index contributed by atoms with van der Waals surface area (Å²) in [5.41, 5.74) is 0.762. The fourth-order valence-electron chi connectivity index (χ4n) is 4.06. The predicted molar refractivity (Wildman–Crippen MR) is 83.6 cm³/mol. The SMILES string of the molecule is CCCC(C)NCCN1CCC2(CCCCC2)CC1. The van der Waals surface area contributed by atoms with Crippen LogP contribution in [0.5, 0.6) is 0 Å². The number of rotatable bonds is 6. The summed E-state index contributed by atoms with van der Waals surface area (Å²) >= 11 is 0. The molecule has 0 bridgehead atoms. The van der Waals surface area contributed by atoms with E-state index < -0.39 is 0 Å². The van der Waals surface area contributed by atoms with Gasteiger partial charge in [-0.15, -0.1) is 0 Å². The summed E-state index contributed by atoms with van der Waals surface area (Å²) in [5.74, 6) is 0. The van der Waals surface area contributed by atoms with Gasteiger partial charge in [0.25, 0.3) is 0 Å². The van der Waals surface area contributed by atoms with Gasteiger partial charge in [-0.25, -0.2) is 0 Å². The molecular weight excluding hydrogens is 232 g/mol. The Morgan fingerprint density at radius 3 is 2.37 bits per heavy atom. The predicted octanol–water partition coefficient (Wildman–Crippen LogP) is 3.81. The summed E-state index contributed by atoms with van der Waals surface area (Å²) in [7, 11) is 0. The Balaban J connectivity index is 1.60. The molecule has 2 nitrogen and oxygen atoms in total. The minimum Gasteiger partial charge on any atom is -0.313 e. The topological polar surface area (TPSA) is 15.3 Å². The monoisotopic (exact) mass is 266 g/mol. The highest BCUT2D eigenvalue weighted by molar-refractivity contribution is 4.88. The van der Waals surface area contributed by atoms with Crippen molar-refractivity contribution in [2.24, 2.45) is 5.41 Å². The molecule has 2 heteroatoms. The Bertz CT molecular complexity index is 236. The smallest absolute Gasteiger partial charge is 0.0107 e. The molecule has 1 spiro atoms. The van der Waals surface area contributed by atoms with Crippen molar-refractivity contribution in [3.05, 3.63) is 0 Å². The summed E-state index contributed by atoms with van der Waals surface area (Å²) in [6.07, 6.45) is 13.1. The fourth-order valence-corrected chi connectivity index (χ4v) is 4.06. The van der Waals surface area contributed by atoms with Gasteiger partial charge in [0.2, 0.25) is 0 Å². The number of nitrogens with zero attached hydrogens (tertiary/aromatic N) is 1. The van der Waals surface area contributed by atoms with E-state index in [2.05, 4.69) is 24.1 Å². The van der Waals surface area contributed by atoms with Crippen molar-refractivity contribution in [1.82, 2.24) is 10.2 Å². The lowest BCUT2D eigenvalue weighted by Crippen LogP contribution is -2.44. The van der Waals surface area contributed by atoms with Crippen molar-refractivity contribution < 1.29 is 0 Å². The van der Waals surface area contributed by atoms with Crippen LogP contribution >= 0.6 is 0 Å². The average molecular weight is 266 g/mol. The van der Waals surface area contributed by atoms with Crippen molar-refractivity contribution in [3.8, 4) is 0 Å². The van der Waals surface area contributed by atoms with Gasteiger partial charge in [-0.2, -0.15) is 0 Å². The van der Waals surface area contributed by atoms with E-state index in [0.717, 1.165) is 5.41 Å². The van der Waals surface area contributed by atoms with Gasteiger partial charge >= 0.3 is 0 Å². The first-order valence-corrected chi connectivity index (χ1v) is 8.70. The molecule has 1 aliphatic carbocycles. The first-order valence-electron chi connectivity index (χ1n) is 8.70. The van der Waals surface area contributed by atoms with Gasteiger partial charge in [-0.05, 0) is 57.5 Å². The molecule has 112 valence electrons. The minimum absolute atomic E-state index is 0.694. The van der Waals surface area contributed by atoms with Crippen LogP contribution in [0.3, 0.4) is 0 Å². The average Bonchev–Trinajstić information content (AvgIpc) is 2.43. The van der Waals surface area contributed by atoms with Crippen LogP contribution in [0.25, 0.3) is 0 Å². The molecule has 0 amide bonds. The molecule has 1 aliphatic heterocycles. The Morgan fingerprint density at radius 2 is 1.74 bits per heavy atom. The molecule has 2 fully saturated rings. The highest BCUT2D eigenvalue weighted by atomic mass is 15.1. The van der Waals surface area contributed by atoms with Crippen LogP contribution in [-0.2, 0) is 0 Å². The Labute approximate surface area is 120 Å². The Kier molecular flexibility index (Phi) is 6.15. The van der Waals surface area contributed by atoms with Crippen LogP contribution in [0, 0.1) is 5.41 Å². The lowest BCUT2D eigenvalue weighted by atomic mass is 9.68. The maximum atomic E-state index is 3.66. The third-order valence-corrected chi connectivity index (χ3v) is 5.47. The van der Waals surface area contributed by atoms with E-state index in [1.54, 1.807) is 0 Å². The normalized spacial score (nSPS) is 25.6. The van der Waals surface area contributed by atoms with E-state index in [4.69, 9.17) is 0 Å². The van der Waals surface area contributed by atoms with Gasteiger partial charge in [0.05, 0.1) is 0 Å². The van der Waals surface area contributed by atoms with E-state index in [1.807, 2.05) is 0 Å². The molecule has 0 aromatic heterocycles. The number of nitrogens with one attached hydrogen (secondary N) is 1. The fraction of sp³-hybridized carbons (Fsp3) is 1.00. The van der Waals surface area contributed by atoms with Gasteiger partial charge in [-0.1, -0.05) is 32.6 Å². The zero-order valence-corrected chi connectivity index (χ0v) is 13.2. The van der Waals surface area contributed by atoms with E-state index in [9.17, 15) is 0 Å². The number of hydrogen-bond donors (Lipinski definition) is 1. The molecule has 0 aromatic carbocycles. The third-order valence-electron chi connectivity index (χ3n) is 5.47. The lowest BCUT2D eigenvalue weighted by Gasteiger charge is -2.44. The van der Waals surface area contributed by atoms with Crippen molar-refractivity contribution in [1.29, 1.82) is 0 Å². The van der Waals surface area contributed by atoms with Crippen molar-refractivity contribution >= 4 is 0 Å². The molecule has 19 heavy (non-hydrogen) atoms. The summed E-state index contributed by atoms with van der Waals surface area (Å²) in [5, 5.41) is 3.66. The van der Waals surface area contributed by atoms with E-state index in [0.29, 0.717) is 6.04 Å². The number of likely N-dealkylation sites (tertiary alicyclic amines) is 1. The molecule has 1 saturated carbocycles. The van der Waals surface area contributed by atoms with Crippen LogP contribution in [-0.4, -0.2) is 37.1 Å². The summed E-state index contributed by atoms with van der Waals surface area (Å²) in [6, 6.07) is 0.694. The van der Waals surface area contributed by atoms with Crippen LogP contribution in [0.1, 0.15) is 71.6 Å². The van der Waals surface area contributed by atoms with Crippen molar-refractivity contribution in [2.75, 3.05) is 26.2 Å². The zero-order chi connectivity index (χ0) is 13.6. The van der Waals surface area contributed by atoms with Gasteiger partial charge in [0.1, 0.15) is 0 Å². The van der Waals surface area contributed by atoms with Gasteiger partial charge in [0, 0.05) is 19.1 Å². The molecule has 2 aliphatic rings. The quantitative estimate of drug-likeness (QED) is 0.786. The van der Waals surface area contributed by atoms with Crippen LogP contribution in [0.2, 0.25) is 0 Å². The third kappa shape index (κ3) is 4.75. The summed E-state index contributed by atoms with van der Waals surface area (Å²) < 4.78 is 0. The second-order valence-corrected chi connectivity index (χ2v) is 7.05. The maximum absolute atomic E-state index is 3.66. The number of hydrogen-bond acceptors (Lipinski definition) is 2. The van der Waals surface area contributed by atoms with Crippen molar-refractivity contribution in [3.63, 3.8) is 0 Å². The number of piperidine rings is 1. The van der Waals surface area contributed by atoms with Crippen molar-refractivity contribution in [2.45, 2.75) is 77.7 Å². The highest BCUT2D eigenvalue weighted by Crippen LogP contribution is 2.44. The highest BCUT2D eigenvalue weighted by Gasteiger charge is 2.35. The zero-order valence-electron chi connectivity index (χ0n) is 13.2. The molecular formula is C17H34N2. The van der Waals surface area contributed by atoms with E-state index in [1.165, 1.54) is 84.0 Å². The van der Waals surface area contributed by atoms with Crippen LogP contribution < -0.4 is 5.32 Å². The Hall–Kier alpha value is -0.0800. The molecule has 1 N–H and O–H groups in total. The van der Waals surface area contributed by atoms with E-state index in [-0.39, 0.29) is 0 Å². The second-order valence-electron chi connectivity index (χ2n) is 7.05. The molecule has 0 aromatic rings. The molecule has 0 radical (unpaired) electrons. The first-order chi connectivity index (χ1) is 9.24. The van der Waals surface area contributed by atoms with Crippen LogP contribution in [0.4, 0.5) is 0 Å². The maximum Gasteiger partial charge on any atom is 0.0107 e. The summed E-state index contributed by atoms with van der Waals surface area (Å²) in [6.45, 7) is 9.72. The Morgan fingerprint density at radius 1 is 1.05 bits per heavy atom. The standard InChI is InChI=1S/C17H34N2/c1-3-7-16(2)18-12-15-19-13-10-17(11-14-19)8-5-4-6-9-17/h16,18H,3-15H2,1-2H3. The minimum atomic E-state index is 0.694. The summed E-state index contributed by atoms with van der Waals surface area (Å²) in [4.78, 5) is 2.69. The van der Waals surface area contributed by atoms with E-state index >= 15 is 0 Å². The molecule has 2 rings (SSSR count). The van der Waals surface area contributed by atoms with Gasteiger partial charge in [0.15, 0.2) is 0 Å². The lowest BCUT2D eigenvalue weighted by molar-refractivity contribution is 0.0680. The largest absolute Gasteiger partial charge is 0.313 e. The first kappa shape index (κ1) is 15.3. The van der Waals surface area contributed by atoms with Gasteiger partial charge < -0.3 is 10.2 Å². The molecule has 1 saturated heterocycles. The molecule has 1 atom stereocenters. The molecule has 1 heterocycles. The molecule has 1 unspecified atom stereocenters. The van der Waals surface area contributed by atoms with Gasteiger partial charge in [-0.3, -0.25) is 0 Å². The van der Waals surface area contributed by atoms with Crippen LogP contribution in [0.15, 0.2) is 0 Å².